The van der Waals surface area contributed by atoms with Crippen molar-refractivity contribution in [2.24, 2.45) is 0 Å². The Labute approximate surface area is 189 Å². The lowest BCUT2D eigenvalue weighted by molar-refractivity contribution is 0.0925. The third-order valence-electron chi connectivity index (χ3n) is 4.58. The maximum absolute atomic E-state index is 12.4. The Morgan fingerprint density at radius 2 is 1.68 bits per heavy atom. The van der Waals surface area contributed by atoms with E-state index in [1.165, 1.54) is 0 Å². The van der Waals surface area contributed by atoms with Gasteiger partial charge in [0.1, 0.15) is 5.76 Å². The van der Waals surface area contributed by atoms with Gasteiger partial charge in [0.05, 0.1) is 20.0 Å². The van der Waals surface area contributed by atoms with Crippen molar-refractivity contribution in [3.05, 3.63) is 82.3 Å². The van der Waals surface area contributed by atoms with Crippen molar-refractivity contribution in [3.63, 3.8) is 0 Å². The summed E-state index contributed by atoms with van der Waals surface area (Å²) in [7, 11) is 2.01. The SMILES string of the molecule is COc1ccc(CCNC(=O)c2ccc(C[S@](=O)Cc3ccc(Cl)cc3)o2)cc1OC. The number of hydrogen-bond donors (Lipinski definition) is 1. The number of carbonyl (C=O) groups excluding carboxylic acids is 1. The predicted molar refractivity (Wildman–Crippen MR) is 121 cm³/mol. The molecule has 2 aromatic carbocycles. The second-order valence-electron chi connectivity index (χ2n) is 6.82. The highest BCUT2D eigenvalue weighted by Crippen LogP contribution is 2.27. The van der Waals surface area contributed by atoms with E-state index in [2.05, 4.69) is 5.32 Å². The number of halogens is 1. The minimum atomic E-state index is -1.16. The molecule has 0 saturated carbocycles. The summed E-state index contributed by atoms with van der Waals surface area (Å²) in [4.78, 5) is 12.3. The maximum Gasteiger partial charge on any atom is 0.287 e. The third-order valence-corrected chi connectivity index (χ3v) is 6.09. The van der Waals surface area contributed by atoms with Crippen molar-refractivity contribution in [2.75, 3.05) is 20.8 Å². The third kappa shape index (κ3) is 6.60. The minimum Gasteiger partial charge on any atom is -0.493 e. The Balaban J connectivity index is 1.48. The lowest BCUT2D eigenvalue weighted by Crippen LogP contribution is -2.25. The summed E-state index contributed by atoms with van der Waals surface area (Å²) in [6.45, 7) is 0.437. The number of amides is 1. The quantitative estimate of drug-likeness (QED) is 0.485. The van der Waals surface area contributed by atoms with Crippen LogP contribution in [0.4, 0.5) is 0 Å². The van der Waals surface area contributed by atoms with Crippen LogP contribution >= 0.6 is 11.6 Å². The monoisotopic (exact) mass is 461 g/mol. The Morgan fingerprint density at radius 3 is 2.39 bits per heavy atom. The Hall–Kier alpha value is -2.77. The fraction of sp³-hybridized carbons (Fsp3) is 0.261. The maximum atomic E-state index is 12.4. The molecule has 1 amide bonds. The van der Waals surface area contributed by atoms with E-state index in [1.54, 1.807) is 38.5 Å². The van der Waals surface area contributed by atoms with Crippen molar-refractivity contribution in [3.8, 4) is 11.5 Å². The van der Waals surface area contributed by atoms with Crippen LogP contribution in [0, 0.1) is 0 Å². The van der Waals surface area contributed by atoms with Crippen LogP contribution in [-0.2, 0) is 28.7 Å². The molecule has 31 heavy (non-hydrogen) atoms. The molecule has 0 aliphatic carbocycles. The van der Waals surface area contributed by atoms with Gasteiger partial charge in [0.2, 0.25) is 0 Å². The summed E-state index contributed by atoms with van der Waals surface area (Å²) in [6.07, 6.45) is 0.630. The number of carbonyl (C=O) groups is 1. The second-order valence-corrected chi connectivity index (χ2v) is 8.71. The van der Waals surface area contributed by atoms with Crippen LogP contribution in [0.1, 0.15) is 27.4 Å². The van der Waals surface area contributed by atoms with E-state index < -0.39 is 10.8 Å². The number of benzene rings is 2. The highest BCUT2D eigenvalue weighted by atomic mass is 35.5. The van der Waals surface area contributed by atoms with Crippen LogP contribution in [0.5, 0.6) is 11.5 Å². The van der Waals surface area contributed by atoms with E-state index in [9.17, 15) is 9.00 Å². The number of furan rings is 1. The van der Waals surface area contributed by atoms with Gasteiger partial charge in [0, 0.05) is 28.1 Å². The van der Waals surface area contributed by atoms with Crippen molar-refractivity contribution in [1.29, 1.82) is 0 Å². The van der Waals surface area contributed by atoms with Crippen molar-refractivity contribution < 1.29 is 22.9 Å². The van der Waals surface area contributed by atoms with Crippen LogP contribution in [0.3, 0.4) is 0 Å². The summed E-state index contributed by atoms with van der Waals surface area (Å²) in [5, 5.41) is 3.47. The summed E-state index contributed by atoms with van der Waals surface area (Å²) in [6, 6.07) is 16.2. The van der Waals surface area contributed by atoms with Crippen molar-refractivity contribution >= 4 is 28.3 Å². The molecular weight excluding hydrogens is 438 g/mol. The van der Waals surface area contributed by atoms with Gasteiger partial charge in [-0.2, -0.15) is 0 Å². The van der Waals surface area contributed by atoms with Gasteiger partial charge >= 0.3 is 0 Å². The summed E-state index contributed by atoms with van der Waals surface area (Å²) >= 11 is 5.87. The molecule has 0 unspecified atom stereocenters. The zero-order valence-corrected chi connectivity index (χ0v) is 18.9. The van der Waals surface area contributed by atoms with Gasteiger partial charge < -0.3 is 19.2 Å². The summed E-state index contributed by atoms with van der Waals surface area (Å²) in [5.41, 5.74) is 1.94. The average Bonchev–Trinajstić information content (AvgIpc) is 3.23. The van der Waals surface area contributed by atoms with Gasteiger partial charge in [0.15, 0.2) is 17.3 Å². The molecule has 0 aliphatic heterocycles. The predicted octanol–water partition coefficient (Wildman–Crippen LogP) is 4.37. The summed E-state index contributed by atoms with van der Waals surface area (Å²) < 4.78 is 28.5. The van der Waals surface area contributed by atoms with Gasteiger partial charge in [-0.05, 0) is 53.9 Å². The topological polar surface area (TPSA) is 77.8 Å². The zero-order chi connectivity index (χ0) is 22.2. The van der Waals surface area contributed by atoms with Gasteiger partial charge in [0.25, 0.3) is 5.91 Å². The van der Waals surface area contributed by atoms with Crippen LogP contribution in [-0.4, -0.2) is 30.9 Å². The molecule has 6 nitrogen and oxygen atoms in total. The molecule has 1 atom stereocenters. The molecule has 0 radical (unpaired) electrons. The van der Waals surface area contributed by atoms with E-state index >= 15 is 0 Å². The largest absolute Gasteiger partial charge is 0.493 e. The Kier molecular flexibility index (Phi) is 8.14. The minimum absolute atomic E-state index is 0.200. The highest BCUT2D eigenvalue weighted by Gasteiger charge is 2.13. The van der Waals surface area contributed by atoms with E-state index in [1.807, 2.05) is 30.3 Å². The number of nitrogens with one attached hydrogen (secondary N) is 1. The first kappa shape index (κ1) is 22.9. The van der Waals surface area contributed by atoms with Crippen LogP contribution in [0.2, 0.25) is 5.02 Å². The van der Waals surface area contributed by atoms with Gasteiger partial charge in [-0.15, -0.1) is 0 Å². The highest BCUT2D eigenvalue weighted by molar-refractivity contribution is 7.83. The number of methoxy groups -OCH3 is 2. The lowest BCUT2D eigenvalue weighted by atomic mass is 10.1. The van der Waals surface area contributed by atoms with Gasteiger partial charge in [-0.25, -0.2) is 0 Å². The molecule has 1 heterocycles. The first-order valence-electron chi connectivity index (χ1n) is 9.65. The molecule has 1 N–H and O–H groups in total. The number of ether oxygens (including phenoxy) is 2. The first-order valence-corrected chi connectivity index (χ1v) is 11.5. The van der Waals surface area contributed by atoms with E-state index in [0.717, 1.165) is 11.1 Å². The smallest absolute Gasteiger partial charge is 0.287 e. The molecule has 0 fully saturated rings. The average molecular weight is 462 g/mol. The molecule has 164 valence electrons. The standard InChI is InChI=1S/C23H24ClNO5S/c1-28-20-9-5-16(13-22(20)29-2)11-12-25-23(26)21-10-8-19(30-21)15-31(27)14-17-3-6-18(24)7-4-17/h3-10,13H,11-12,14-15H2,1-2H3,(H,25,26)/t31-/m1/s1. The first-order chi connectivity index (χ1) is 15.0. The second kappa shape index (κ2) is 11.0. The van der Waals surface area contributed by atoms with E-state index in [-0.39, 0.29) is 17.4 Å². The van der Waals surface area contributed by atoms with Crippen LogP contribution in [0.15, 0.2) is 59.0 Å². The summed E-state index contributed by atoms with van der Waals surface area (Å²) in [5.74, 6) is 2.34. The van der Waals surface area contributed by atoms with Gasteiger partial charge in [-0.3, -0.25) is 9.00 Å². The molecular formula is C23H24ClNO5S. The molecule has 8 heteroatoms. The number of hydrogen-bond acceptors (Lipinski definition) is 5. The van der Waals surface area contributed by atoms with Crippen LogP contribution < -0.4 is 14.8 Å². The molecule has 0 spiro atoms. The fourth-order valence-electron chi connectivity index (χ4n) is 3.00. The molecule has 0 bridgehead atoms. The van der Waals surface area contributed by atoms with Crippen LogP contribution in [0.25, 0.3) is 0 Å². The van der Waals surface area contributed by atoms with E-state index in [0.29, 0.717) is 41.0 Å². The zero-order valence-electron chi connectivity index (χ0n) is 17.4. The molecule has 0 aliphatic rings. The normalized spacial score (nSPS) is 11.7. The van der Waals surface area contributed by atoms with E-state index in [4.69, 9.17) is 25.5 Å². The molecule has 1 aromatic heterocycles. The fourth-order valence-corrected chi connectivity index (χ4v) is 4.26. The van der Waals surface area contributed by atoms with Gasteiger partial charge in [-0.1, -0.05) is 29.8 Å². The molecule has 0 saturated heterocycles. The number of rotatable bonds is 10. The van der Waals surface area contributed by atoms with Crippen molar-refractivity contribution in [2.45, 2.75) is 17.9 Å². The Bertz CT molecular complexity index is 1050. The Morgan fingerprint density at radius 1 is 0.968 bits per heavy atom. The molecule has 3 aromatic rings. The lowest BCUT2D eigenvalue weighted by Gasteiger charge is -2.09. The molecule has 3 rings (SSSR count). The van der Waals surface area contributed by atoms with Crippen molar-refractivity contribution in [1.82, 2.24) is 5.32 Å².